The summed E-state index contributed by atoms with van der Waals surface area (Å²) in [6.45, 7) is 0. The lowest BCUT2D eigenvalue weighted by Gasteiger charge is -2.05. The summed E-state index contributed by atoms with van der Waals surface area (Å²) < 4.78 is 35.8. The average Bonchev–Trinajstić information content (AvgIpc) is 2.45. The van der Waals surface area contributed by atoms with E-state index in [0.717, 1.165) is 64.2 Å². The Kier molecular flexibility index (Phi) is 13.9. The van der Waals surface area contributed by atoms with Gasteiger partial charge in [-0.1, -0.05) is 50.7 Å². The molecule has 0 aromatic rings. The van der Waals surface area contributed by atoms with E-state index in [4.69, 9.17) is 5.11 Å². The number of hydrogen-bond acceptors (Lipinski definition) is 1. The standard InChI is InChI=1S/C18H31F3O2/c19-18(20,21)16-14-12-10-8-6-4-2-1-3-5-7-9-11-13-15-17(22)23/h1-2H,3-16H2,(H,22,23)/b2-1-. The van der Waals surface area contributed by atoms with Gasteiger partial charge < -0.3 is 5.11 Å². The van der Waals surface area contributed by atoms with Gasteiger partial charge in [-0.25, -0.2) is 0 Å². The molecule has 0 atom stereocenters. The van der Waals surface area contributed by atoms with E-state index in [1.54, 1.807) is 0 Å². The highest BCUT2D eigenvalue weighted by atomic mass is 19.4. The predicted octanol–water partition coefficient (Wildman–Crippen LogP) is 6.65. The Balaban J connectivity index is 3.16. The van der Waals surface area contributed by atoms with E-state index >= 15 is 0 Å². The summed E-state index contributed by atoms with van der Waals surface area (Å²) >= 11 is 0. The van der Waals surface area contributed by atoms with Crippen molar-refractivity contribution in [2.45, 2.75) is 96.1 Å². The molecular formula is C18H31F3O2. The summed E-state index contributed by atoms with van der Waals surface area (Å²) in [5.41, 5.74) is 0. The third-order valence-electron chi connectivity index (χ3n) is 3.76. The van der Waals surface area contributed by atoms with Crippen LogP contribution in [-0.2, 0) is 4.79 Å². The van der Waals surface area contributed by atoms with Gasteiger partial charge in [0.2, 0.25) is 0 Å². The lowest BCUT2D eigenvalue weighted by molar-refractivity contribution is -0.137. The maximum absolute atomic E-state index is 11.9. The molecule has 5 heteroatoms. The van der Waals surface area contributed by atoms with Crippen molar-refractivity contribution in [2.24, 2.45) is 0 Å². The zero-order valence-electron chi connectivity index (χ0n) is 14.0. The van der Waals surface area contributed by atoms with Crippen LogP contribution in [0.2, 0.25) is 0 Å². The molecule has 0 aliphatic rings. The second-order valence-corrected chi connectivity index (χ2v) is 6.09. The molecule has 0 rings (SSSR count). The molecule has 0 amide bonds. The van der Waals surface area contributed by atoms with Gasteiger partial charge >= 0.3 is 12.1 Å². The summed E-state index contributed by atoms with van der Waals surface area (Å²) in [6.07, 6.45) is 11.1. The number of aliphatic carboxylic acids is 1. The largest absolute Gasteiger partial charge is 0.481 e. The van der Waals surface area contributed by atoms with E-state index in [1.807, 2.05) is 0 Å². The van der Waals surface area contributed by atoms with Gasteiger partial charge in [0.05, 0.1) is 0 Å². The van der Waals surface area contributed by atoms with Gasteiger partial charge in [0.25, 0.3) is 0 Å². The van der Waals surface area contributed by atoms with Crippen LogP contribution in [0.5, 0.6) is 0 Å². The lowest BCUT2D eigenvalue weighted by Crippen LogP contribution is -2.06. The minimum absolute atomic E-state index is 0.256. The second-order valence-electron chi connectivity index (χ2n) is 6.09. The summed E-state index contributed by atoms with van der Waals surface area (Å²) in [5, 5.41) is 8.50. The first-order valence-electron chi connectivity index (χ1n) is 8.85. The number of hydrogen-bond donors (Lipinski definition) is 1. The SMILES string of the molecule is O=C(O)CCCCCCC/C=C\CCCCCCCC(F)(F)F. The van der Waals surface area contributed by atoms with Gasteiger partial charge in [-0.3, -0.25) is 4.79 Å². The molecular weight excluding hydrogens is 305 g/mol. The molecule has 0 radical (unpaired) electrons. The number of carbonyl (C=O) groups is 1. The Morgan fingerprint density at radius 2 is 1.17 bits per heavy atom. The van der Waals surface area contributed by atoms with Gasteiger partial charge in [0.1, 0.15) is 0 Å². The third-order valence-corrected chi connectivity index (χ3v) is 3.76. The number of carboxylic acid groups (broad SMARTS) is 1. The fraction of sp³-hybridized carbons (Fsp3) is 0.833. The number of carboxylic acids is 1. The maximum Gasteiger partial charge on any atom is 0.389 e. The van der Waals surface area contributed by atoms with Crippen molar-refractivity contribution < 1.29 is 23.1 Å². The van der Waals surface area contributed by atoms with E-state index < -0.39 is 18.6 Å². The fourth-order valence-corrected chi connectivity index (χ4v) is 2.42. The van der Waals surface area contributed by atoms with Crippen LogP contribution in [0.4, 0.5) is 13.2 Å². The van der Waals surface area contributed by atoms with E-state index in [-0.39, 0.29) is 12.8 Å². The molecule has 0 spiro atoms. The summed E-state index contributed by atoms with van der Waals surface area (Å²) in [6, 6.07) is 0. The van der Waals surface area contributed by atoms with Crippen LogP contribution in [0.15, 0.2) is 12.2 Å². The summed E-state index contributed by atoms with van der Waals surface area (Å²) in [4.78, 5) is 10.3. The first-order valence-corrected chi connectivity index (χ1v) is 8.85. The summed E-state index contributed by atoms with van der Waals surface area (Å²) in [7, 11) is 0. The van der Waals surface area contributed by atoms with Crippen molar-refractivity contribution in [3.05, 3.63) is 12.2 Å². The number of rotatable bonds is 15. The molecule has 0 bridgehead atoms. The Morgan fingerprint density at radius 3 is 1.65 bits per heavy atom. The fourth-order valence-electron chi connectivity index (χ4n) is 2.42. The quantitative estimate of drug-likeness (QED) is 0.268. The first-order chi connectivity index (χ1) is 10.9. The van der Waals surface area contributed by atoms with Gasteiger partial charge in [-0.2, -0.15) is 13.2 Å². The average molecular weight is 336 g/mol. The maximum atomic E-state index is 11.9. The molecule has 0 saturated carbocycles. The molecule has 23 heavy (non-hydrogen) atoms. The van der Waals surface area contributed by atoms with Crippen molar-refractivity contribution in [3.8, 4) is 0 Å². The predicted molar refractivity (Wildman–Crippen MR) is 87.5 cm³/mol. The van der Waals surface area contributed by atoms with Crippen LogP contribution in [0, 0.1) is 0 Å². The van der Waals surface area contributed by atoms with Gasteiger partial charge in [0.15, 0.2) is 0 Å². The highest BCUT2D eigenvalue weighted by Gasteiger charge is 2.25. The summed E-state index contributed by atoms with van der Waals surface area (Å²) in [5.74, 6) is -0.715. The highest BCUT2D eigenvalue weighted by Crippen LogP contribution is 2.23. The number of alkyl halides is 3. The highest BCUT2D eigenvalue weighted by molar-refractivity contribution is 5.66. The van der Waals surface area contributed by atoms with Crippen LogP contribution in [-0.4, -0.2) is 17.3 Å². The zero-order valence-corrected chi connectivity index (χ0v) is 14.0. The molecule has 0 aromatic carbocycles. The van der Waals surface area contributed by atoms with Crippen molar-refractivity contribution >= 4 is 5.97 Å². The van der Waals surface area contributed by atoms with Crippen LogP contribution in [0.1, 0.15) is 89.9 Å². The molecule has 0 saturated heterocycles. The molecule has 1 N–H and O–H groups in total. The molecule has 0 aromatic heterocycles. The van der Waals surface area contributed by atoms with E-state index in [9.17, 15) is 18.0 Å². The number of unbranched alkanes of at least 4 members (excludes halogenated alkanes) is 10. The van der Waals surface area contributed by atoms with E-state index in [0.29, 0.717) is 6.42 Å². The minimum Gasteiger partial charge on any atom is -0.481 e. The molecule has 0 unspecified atom stereocenters. The van der Waals surface area contributed by atoms with Gasteiger partial charge in [-0.05, 0) is 38.5 Å². The lowest BCUT2D eigenvalue weighted by atomic mass is 10.1. The molecule has 0 heterocycles. The Bertz CT molecular complexity index is 312. The number of halogens is 3. The minimum atomic E-state index is -4.00. The van der Waals surface area contributed by atoms with Gasteiger partial charge in [0, 0.05) is 12.8 Å². The van der Waals surface area contributed by atoms with Gasteiger partial charge in [-0.15, -0.1) is 0 Å². The molecule has 2 nitrogen and oxygen atoms in total. The smallest absolute Gasteiger partial charge is 0.389 e. The second kappa shape index (κ2) is 14.6. The Morgan fingerprint density at radius 1 is 0.739 bits per heavy atom. The molecule has 0 aliphatic heterocycles. The van der Waals surface area contributed by atoms with Crippen molar-refractivity contribution in [1.29, 1.82) is 0 Å². The first kappa shape index (κ1) is 22.0. The van der Waals surface area contributed by atoms with Crippen molar-refractivity contribution in [3.63, 3.8) is 0 Å². The Hall–Kier alpha value is -1.00. The van der Waals surface area contributed by atoms with E-state index in [2.05, 4.69) is 12.2 Å². The van der Waals surface area contributed by atoms with E-state index in [1.165, 1.54) is 0 Å². The molecule has 0 fully saturated rings. The molecule has 0 aliphatic carbocycles. The molecule has 136 valence electrons. The number of allylic oxidation sites excluding steroid dienone is 2. The normalized spacial score (nSPS) is 12.1. The zero-order chi connectivity index (χ0) is 17.4. The monoisotopic (exact) mass is 336 g/mol. The topological polar surface area (TPSA) is 37.3 Å². The van der Waals surface area contributed by atoms with Crippen molar-refractivity contribution in [1.82, 2.24) is 0 Å². The van der Waals surface area contributed by atoms with Crippen LogP contribution >= 0.6 is 0 Å². The van der Waals surface area contributed by atoms with Crippen molar-refractivity contribution in [2.75, 3.05) is 0 Å². The van der Waals surface area contributed by atoms with Crippen LogP contribution in [0.25, 0.3) is 0 Å². The third kappa shape index (κ3) is 21.0. The Labute approximate surface area is 138 Å². The van der Waals surface area contributed by atoms with Crippen LogP contribution in [0.3, 0.4) is 0 Å². The van der Waals surface area contributed by atoms with Crippen LogP contribution < -0.4 is 0 Å².